The lowest BCUT2D eigenvalue weighted by Gasteiger charge is -2.01. The zero-order valence-corrected chi connectivity index (χ0v) is 9.00. The molecule has 0 aromatic carbocycles. The molecular formula is C10H13N5O. The van der Waals surface area contributed by atoms with Crippen molar-refractivity contribution < 1.29 is 4.52 Å². The second kappa shape index (κ2) is 4.80. The summed E-state index contributed by atoms with van der Waals surface area (Å²) in [7, 11) is 0. The normalized spacial score (nSPS) is 12.6. The molecule has 0 aliphatic rings. The highest BCUT2D eigenvalue weighted by Gasteiger charge is 2.15. The minimum absolute atomic E-state index is 0.206. The molecule has 0 saturated carbocycles. The molecule has 0 fully saturated rings. The van der Waals surface area contributed by atoms with Crippen LogP contribution in [0.2, 0.25) is 0 Å². The standard InChI is InChI=1S/C10H13N5O/c1-2-3-7(11)10-14-9(15-16-10)8-6-12-4-5-13-8/h4-7H,2-3,11H2,1H3/t7-/m1/s1. The predicted octanol–water partition coefficient (Wildman–Crippen LogP) is 1.33. The van der Waals surface area contributed by atoms with Crippen LogP contribution in [0, 0.1) is 0 Å². The fourth-order valence-electron chi connectivity index (χ4n) is 1.34. The van der Waals surface area contributed by atoms with Crippen molar-refractivity contribution in [2.45, 2.75) is 25.8 Å². The van der Waals surface area contributed by atoms with E-state index < -0.39 is 0 Å². The van der Waals surface area contributed by atoms with Crippen molar-refractivity contribution in [3.8, 4) is 11.5 Å². The van der Waals surface area contributed by atoms with Crippen molar-refractivity contribution >= 4 is 0 Å². The first kappa shape index (κ1) is 10.7. The number of hydrogen-bond acceptors (Lipinski definition) is 6. The fraction of sp³-hybridized carbons (Fsp3) is 0.400. The van der Waals surface area contributed by atoms with E-state index in [-0.39, 0.29) is 6.04 Å². The molecule has 2 aromatic heterocycles. The molecule has 2 N–H and O–H groups in total. The minimum atomic E-state index is -0.206. The molecule has 0 amide bonds. The minimum Gasteiger partial charge on any atom is -0.337 e. The van der Waals surface area contributed by atoms with Gasteiger partial charge in [-0.2, -0.15) is 4.98 Å². The average molecular weight is 219 g/mol. The first-order chi connectivity index (χ1) is 7.81. The van der Waals surface area contributed by atoms with Crippen LogP contribution in [0.5, 0.6) is 0 Å². The van der Waals surface area contributed by atoms with E-state index in [0.717, 1.165) is 12.8 Å². The first-order valence-corrected chi connectivity index (χ1v) is 5.17. The lowest BCUT2D eigenvalue weighted by atomic mass is 10.2. The van der Waals surface area contributed by atoms with Gasteiger partial charge in [0.15, 0.2) is 0 Å². The third kappa shape index (κ3) is 2.22. The Bertz CT molecular complexity index is 441. The van der Waals surface area contributed by atoms with E-state index in [9.17, 15) is 0 Å². The Morgan fingerprint density at radius 3 is 3.00 bits per heavy atom. The zero-order valence-electron chi connectivity index (χ0n) is 9.00. The summed E-state index contributed by atoms with van der Waals surface area (Å²) in [4.78, 5) is 12.2. The highest BCUT2D eigenvalue weighted by atomic mass is 16.5. The van der Waals surface area contributed by atoms with Gasteiger partial charge in [0.1, 0.15) is 5.69 Å². The maximum Gasteiger partial charge on any atom is 0.243 e. The summed E-state index contributed by atoms with van der Waals surface area (Å²) in [5, 5.41) is 3.82. The summed E-state index contributed by atoms with van der Waals surface area (Å²) < 4.78 is 5.08. The van der Waals surface area contributed by atoms with Crippen molar-refractivity contribution in [3.63, 3.8) is 0 Å². The number of aromatic nitrogens is 4. The van der Waals surface area contributed by atoms with E-state index in [2.05, 4.69) is 27.0 Å². The second-order valence-electron chi connectivity index (χ2n) is 3.44. The van der Waals surface area contributed by atoms with Crippen LogP contribution in [0.3, 0.4) is 0 Å². The Balaban J connectivity index is 2.20. The van der Waals surface area contributed by atoms with Crippen molar-refractivity contribution in [2.75, 3.05) is 0 Å². The summed E-state index contributed by atoms with van der Waals surface area (Å²) in [5.41, 5.74) is 6.45. The number of hydrogen-bond donors (Lipinski definition) is 1. The molecule has 0 bridgehead atoms. The van der Waals surface area contributed by atoms with Gasteiger partial charge in [-0.3, -0.25) is 4.98 Å². The van der Waals surface area contributed by atoms with E-state index in [1.165, 1.54) is 0 Å². The van der Waals surface area contributed by atoms with Gasteiger partial charge >= 0.3 is 0 Å². The largest absolute Gasteiger partial charge is 0.337 e. The number of nitrogens with zero attached hydrogens (tertiary/aromatic N) is 4. The van der Waals surface area contributed by atoms with E-state index in [1.807, 2.05) is 0 Å². The maximum atomic E-state index is 5.86. The van der Waals surface area contributed by atoms with E-state index >= 15 is 0 Å². The van der Waals surface area contributed by atoms with Gasteiger partial charge in [-0.15, -0.1) is 0 Å². The van der Waals surface area contributed by atoms with Crippen molar-refractivity contribution in [1.82, 2.24) is 20.1 Å². The van der Waals surface area contributed by atoms with Gasteiger partial charge in [0, 0.05) is 12.4 Å². The fourth-order valence-corrected chi connectivity index (χ4v) is 1.34. The third-order valence-corrected chi connectivity index (χ3v) is 2.15. The molecule has 0 aliphatic heterocycles. The van der Waals surface area contributed by atoms with Crippen LogP contribution >= 0.6 is 0 Å². The molecule has 0 spiro atoms. The summed E-state index contributed by atoms with van der Waals surface area (Å²) in [6.07, 6.45) is 6.55. The summed E-state index contributed by atoms with van der Waals surface area (Å²) in [6, 6.07) is -0.206. The van der Waals surface area contributed by atoms with Crippen LogP contribution in [0.1, 0.15) is 31.7 Å². The first-order valence-electron chi connectivity index (χ1n) is 5.17. The number of rotatable bonds is 4. The van der Waals surface area contributed by atoms with Gasteiger partial charge < -0.3 is 10.3 Å². The van der Waals surface area contributed by atoms with Crippen LogP contribution in [0.4, 0.5) is 0 Å². The second-order valence-corrected chi connectivity index (χ2v) is 3.44. The monoisotopic (exact) mass is 219 g/mol. The average Bonchev–Trinajstić information content (AvgIpc) is 2.80. The van der Waals surface area contributed by atoms with Crippen LogP contribution in [-0.4, -0.2) is 20.1 Å². The topological polar surface area (TPSA) is 90.7 Å². The molecule has 0 unspecified atom stereocenters. The Hall–Kier alpha value is -1.82. The van der Waals surface area contributed by atoms with Gasteiger partial charge in [0.25, 0.3) is 0 Å². The van der Waals surface area contributed by atoms with Crippen molar-refractivity contribution in [3.05, 3.63) is 24.5 Å². The van der Waals surface area contributed by atoms with Crippen LogP contribution in [0.25, 0.3) is 11.5 Å². The van der Waals surface area contributed by atoms with Crippen LogP contribution in [-0.2, 0) is 0 Å². The quantitative estimate of drug-likeness (QED) is 0.834. The molecule has 6 heteroatoms. The van der Waals surface area contributed by atoms with E-state index in [1.54, 1.807) is 18.6 Å². The zero-order chi connectivity index (χ0) is 11.4. The molecule has 1 atom stereocenters. The molecule has 16 heavy (non-hydrogen) atoms. The lowest BCUT2D eigenvalue weighted by Crippen LogP contribution is -2.09. The Kier molecular flexibility index (Phi) is 3.21. The molecular weight excluding hydrogens is 206 g/mol. The van der Waals surface area contributed by atoms with Gasteiger partial charge in [-0.05, 0) is 6.42 Å². The van der Waals surface area contributed by atoms with Gasteiger partial charge in [-0.25, -0.2) is 4.98 Å². The van der Waals surface area contributed by atoms with Crippen molar-refractivity contribution in [2.24, 2.45) is 5.73 Å². The van der Waals surface area contributed by atoms with E-state index in [4.69, 9.17) is 10.3 Å². The Labute approximate surface area is 92.9 Å². The van der Waals surface area contributed by atoms with Gasteiger partial charge in [0.05, 0.1) is 12.2 Å². The highest BCUT2D eigenvalue weighted by Crippen LogP contribution is 2.17. The summed E-state index contributed by atoms with van der Waals surface area (Å²) >= 11 is 0. The highest BCUT2D eigenvalue weighted by molar-refractivity contribution is 5.45. The Morgan fingerprint density at radius 2 is 2.31 bits per heavy atom. The molecule has 0 aliphatic carbocycles. The molecule has 6 nitrogen and oxygen atoms in total. The summed E-state index contributed by atoms with van der Waals surface area (Å²) in [5.74, 6) is 0.872. The molecule has 84 valence electrons. The molecule has 2 aromatic rings. The predicted molar refractivity (Wildman–Crippen MR) is 57.2 cm³/mol. The Morgan fingerprint density at radius 1 is 1.44 bits per heavy atom. The molecule has 2 heterocycles. The van der Waals surface area contributed by atoms with E-state index in [0.29, 0.717) is 17.4 Å². The number of nitrogens with two attached hydrogens (primary N) is 1. The molecule has 0 saturated heterocycles. The molecule has 2 rings (SSSR count). The van der Waals surface area contributed by atoms with Crippen molar-refractivity contribution in [1.29, 1.82) is 0 Å². The third-order valence-electron chi connectivity index (χ3n) is 2.15. The van der Waals surface area contributed by atoms with Gasteiger partial charge in [0.2, 0.25) is 11.7 Å². The maximum absolute atomic E-state index is 5.86. The SMILES string of the molecule is CCC[C@@H](N)c1nc(-c2cnccn2)no1. The van der Waals surface area contributed by atoms with Crippen LogP contribution < -0.4 is 5.73 Å². The lowest BCUT2D eigenvalue weighted by molar-refractivity contribution is 0.348. The van der Waals surface area contributed by atoms with Crippen LogP contribution in [0.15, 0.2) is 23.1 Å². The smallest absolute Gasteiger partial charge is 0.243 e. The molecule has 0 radical (unpaired) electrons. The summed E-state index contributed by atoms with van der Waals surface area (Å²) in [6.45, 7) is 2.06. The van der Waals surface area contributed by atoms with Gasteiger partial charge in [-0.1, -0.05) is 18.5 Å².